The van der Waals surface area contributed by atoms with Crippen LogP contribution in [0.2, 0.25) is 0 Å². The second kappa shape index (κ2) is 9.59. The fourth-order valence-corrected chi connectivity index (χ4v) is 3.90. The smallest absolute Gasteiger partial charge is 0.393 e. The van der Waals surface area contributed by atoms with Crippen LogP contribution in [0.3, 0.4) is 0 Å². The largest absolute Gasteiger partial charge is 0.411 e. The molecule has 0 bridgehead atoms. The summed E-state index contributed by atoms with van der Waals surface area (Å²) in [5.41, 5.74) is 0.333. The van der Waals surface area contributed by atoms with Crippen LogP contribution in [0.15, 0.2) is 6.20 Å². The maximum atomic E-state index is 12.3. The van der Waals surface area contributed by atoms with E-state index >= 15 is 0 Å². The van der Waals surface area contributed by atoms with Crippen molar-refractivity contribution in [2.75, 3.05) is 17.2 Å². The third-order valence-corrected chi connectivity index (χ3v) is 5.39. The molecule has 1 unspecified atom stereocenters. The predicted octanol–water partition coefficient (Wildman–Crippen LogP) is 3.37. The second-order valence-corrected chi connectivity index (χ2v) is 7.77. The Bertz CT molecular complexity index is 717. The van der Waals surface area contributed by atoms with Crippen LogP contribution in [0.4, 0.5) is 24.9 Å². The minimum Gasteiger partial charge on any atom is -0.393 e. The molecule has 0 aromatic carbocycles. The summed E-state index contributed by atoms with van der Waals surface area (Å²) in [6.07, 6.45) is 2.02. The van der Waals surface area contributed by atoms with Gasteiger partial charge in [0.1, 0.15) is 24.1 Å². The van der Waals surface area contributed by atoms with Gasteiger partial charge in [0.15, 0.2) is 0 Å². The number of alkyl halides is 3. The molecule has 2 aliphatic carbocycles. The summed E-state index contributed by atoms with van der Waals surface area (Å²) >= 11 is 0. The summed E-state index contributed by atoms with van der Waals surface area (Å²) < 4.78 is 41.7. The zero-order chi connectivity index (χ0) is 20.9. The second-order valence-electron chi connectivity index (χ2n) is 7.77. The zero-order valence-electron chi connectivity index (χ0n) is 16.1. The molecule has 10 heteroatoms. The fraction of sp³-hybridized carbons (Fsp3) is 0.737. The van der Waals surface area contributed by atoms with Gasteiger partial charge in [-0.15, -0.1) is 0 Å². The molecule has 2 aliphatic rings. The summed E-state index contributed by atoms with van der Waals surface area (Å²) in [5.74, 6) is 0.814. The summed E-state index contributed by atoms with van der Waals surface area (Å²) in [4.78, 5) is 8.61. The Morgan fingerprint density at radius 1 is 1.14 bits per heavy atom. The molecule has 0 aliphatic heterocycles. The number of nitriles is 1. The van der Waals surface area contributed by atoms with Gasteiger partial charge in [-0.2, -0.15) is 23.4 Å². The van der Waals surface area contributed by atoms with Gasteiger partial charge in [-0.1, -0.05) is 0 Å². The van der Waals surface area contributed by atoms with E-state index in [1.165, 1.54) is 6.20 Å². The maximum absolute atomic E-state index is 12.3. The van der Waals surface area contributed by atoms with Crippen molar-refractivity contribution in [2.24, 2.45) is 0 Å². The SMILES string of the molecule is N#Cc1cnc(NC2CCC(OCC(F)(F)F)CC2)nc1N[C@@H]1CCCC(O)C1. The Kier molecular flexibility index (Phi) is 7.14. The fourth-order valence-electron chi connectivity index (χ4n) is 3.90. The van der Waals surface area contributed by atoms with Crippen molar-refractivity contribution < 1.29 is 23.0 Å². The molecule has 2 atom stereocenters. The number of nitrogens with one attached hydrogen (secondary N) is 2. The lowest BCUT2D eigenvalue weighted by molar-refractivity contribution is -0.187. The molecule has 160 valence electrons. The number of aromatic nitrogens is 2. The molecule has 1 heterocycles. The highest BCUT2D eigenvalue weighted by Gasteiger charge is 2.31. The van der Waals surface area contributed by atoms with Crippen LogP contribution in [0, 0.1) is 11.3 Å². The van der Waals surface area contributed by atoms with Crippen molar-refractivity contribution in [1.82, 2.24) is 9.97 Å². The van der Waals surface area contributed by atoms with Crippen LogP contribution in [0.25, 0.3) is 0 Å². The van der Waals surface area contributed by atoms with Crippen molar-refractivity contribution in [3.05, 3.63) is 11.8 Å². The van der Waals surface area contributed by atoms with E-state index in [1.807, 2.05) is 0 Å². The standard InChI is InChI=1S/C19H26F3N5O2/c20-19(21,22)11-29-16-6-4-13(5-7-16)26-18-24-10-12(9-23)17(27-18)25-14-2-1-3-15(28)8-14/h10,13-16,28H,1-8,11H2,(H2,24,25,26,27)/t13?,14-,15?,16?/m1/s1. The Hall–Kier alpha value is -2.12. The van der Waals surface area contributed by atoms with Crippen LogP contribution in [0.5, 0.6) is 0 Å². The van der Waals surface area contributed by atoms with Crippen LogP contribution < -0.4 is 10.6 Å². The van der Waals surface area contributed by atoms with E-state index in [9.17, 15) is 23.5 Å². The Morgan fingerprint density at radius 3 is 2.55 bits per heavy atom. The van der Waals surface area contributed by atoms with Crippen molar-refractivity contribution in [3.63, 3.8) is 0 Å². The van der Waals surface area contributed by atoms with Gasteiger partial charge in [-0.05, 0) is 51.4 Å². The topological polar surface area (TPSA) is 103 Å². The molecule has 1 aromatic rings. The number of halogens is 3. The lowest BCUT2D eigenvalue weighted by Crippen LogP contribution is -2.33. The van der Waals surface area contributed by atoms with E-state index in [-0.39, 0.29) is 24.3 Å². The molecular weight excluding hydrogens is 387 g/mol. The molecule has 1 aromatic heterocycles. The number of anilines is 2. The number of ether oxygens (including phenoxy) is 1. The summed E-state index contributed by atoms with van der Waals surface area (Å²) in [6, 6.07) is 2.16. The van der Waals surface area contributed by atoms with E-state index in [1.54, 1.807) is 0 Å². The third kappa shape index (κ3) is 6.72. The van der Waals surface area contributed by atoms with Crippen molar-refractivity contribution in [1.29, 1.82) is 5.26 Å². The molecular formula is C19H26F3N5O2. The molecule has 7 nitrogen and oxygen atoms in total. The highest BCUT2D eigenvalue weighted by atomic mass is 19.4. The molecule has 2 saturated carbocycles. The van der Waals surface area contributed by atoms with Crippen molar-refractivity contribution in [2.45, 2.75) is 81.8 Å². The maximum Gasteiger partial charge on any atom is 0.411 e. The molecule has 0 amide bonds. The van der Waals surface area contributed by atoms with Crippen LogP contribution in [0.1, 0.15) is 56.9 Å². The minimum absolute atomic E-state index is 0.0398. The van der Waals surface area contributed by atoms with Gasteiger partial charge < -0.3 is 20.5 Å². The van der Waals surface area contributed by atoms with Crippen molar-refractivity contribution in [3.8, 4) is 6.07 Å². The van der Waals surface area contributed by atoms with Gasteiger partial charge in [0, 0.05) is 12.1 Å². The minimum atomic E-state index is -4.30. The number of aliphatic hydroxyl groups is 1. The molecule has 0 radical (unpaired) electrons. The highest BCUT2D eigenvalue weighted by molar-refractivity contribution is 5.54. The number of hydrogen-bond acceptors (Lipinski definition) is 7. The van der Waals surface area contributed by atoms with Gasteiger partial charge in [0.05, 0.1) is 18.4 Å². The first-order valence-corrected chi connectivity index (χ1v) is 9.99. The first-order valence-electron chi connectivity index (χ1n) is 9.99. The Balaban J connectivity index is 1.54. The summed E-state index contributed by atoms with van der Waals surface area (Å²) in [7, 11) is 0. The summed E-state index contributed by atoms with van der Waals surface area (Å²) in [5, 5.41) is 25.6. The van der Waals surface area contributed by atoms with Gasteiger partial charge in [0.25, 0.3) is 0 Å². The van der Waals surface area contributed by atoms with Crippen LogP contribution in [-0.4, -0.2) is 52.1 Å². The first-order chi connectivity index (χ1) is 13.8. The molecule has 0 spiro atoms. The number of rotatable bonds is 6. The average molecular weight is 413 g/mol. The van der Waals surface area contributed by atoms with Gasteiger partial charge in [-0.3, -0.25) is 0 Å². The Morgan fingerprint density at radius 2 is 1.90 bits per heavy atom. The van der Waals surface area contributed by atoms with E-state index in [0.29, 0.717) is 49.4 Å². The lowest BCUT2D eigenvalue weighted by atomic mass is 9.93. The Labute approximate surface area is 167 Å². The normalized spacial score (nSPS) is 27.8. The number of aliphatic hydroxyl groups excluding tert-OH is 1. The molecule has 2 fully saturated rings. The van der Waals surface area contributed by atoms with Crippen molar-refractivity contribution >= 4 is 11.8 Å². The van der Waals surface area contributed by atoms with E-state index in [2.05, 4.69) is 26.7 Å². The molecule has 3 rings (SSSR count). The average Bonchev–Trinajstić information content (AvgIpc) is 2.67. The predicted molar refractivity (Wildman–Crippen MR) is 100 cm³/mol. The van der Waals surface area contributed by atoms with Gasteiger partial charge >= 0.3 is 6.18 Å². The summed E-state index contributed by atoms with van der Waals surface area (Å²) in [6.45, 7) is -1.21. The lowest BCUT2D eigenvalue weighted by Gasteiger charge is -2.30. The van der Waals surface area contributed by atoms with Gasteiger partial charge in [-0.25, -0.2) is 4.98 Å². The molecule has 3 N–H and O–H groups in total. The monoisotopic (exact) mass is 413 g/mol. The highest BCUT2D eigenvalue weighted by Crippen LogP contribution is 2.27. The number of hydrogen-bond donors (Lipinski definition) is 3. The molecule has 0 saturated heterocycles. The van der Waals surface area contributed by atoms with Crippen LogP contribution in [-0.2, 0) is 4.74 Å². The van der Waals surface area contributed by atoms with E-state index in [4.69, 9.17) is 4.74 Å². The zero-order valence-corrected chi connectivity index (χ0v) is 16.1. The first kappa shape index (κ1) is 21.6. The molecule has 29 heavy (non-hydrogen) atoms. The van der Waals surface area contributed by atoms with Crippen LogP contribution >= 0.6 is 0 Å². The number of nitrogens with zero attached hydrogens (tertiary/aromatic N) is 3. The van der Waals surface area contributed by atoms with E-state index < -0.39 is 12.8 Å². The van der Waals surface area contributed by atoms with E-state index in [0.717, 1.165) is 19.3 Å². The quantitative estimate of drug-likeness (QED) is 0.657. The van der Waals surface area contributed by atoms with Gasteiger partial charge in [0.2, 0.25) is 5.95 Å². The third-order valence-electron chi connectivity index (χ3n) is 5.39.